The average Bonchev–Trinajstić information content (AvgIpc) is 3.62. The van der Waals surface area contributed by atoms with Crippen LogP contribution < -0.4 is 0 Å². The van der Waals surface area contributed by atoms with Crippen molar-refractivity contribution in [1.82, 2.24) is 15.0 Å². The first-order valence-electron chi connectivity index (χ1n) is 21.0. The monoisotopic (exact) mass is 788 g/mol. The minimum Gasteiger partial charge on any atom is -0.269 e. The summed E-state index contributed by atoms with van der Waals surface area (Å²) in [5, 5.41) is 0. The summed E-state index contributed by atoms with van der Waals surface area (Å²) in [5.74, 6) is 2.85. The van der Waals surface area contributed by atoms with E-state index in [2.05, 4.69) is 169 Å². The average molecular weight is 789 g/mol. The Balaban J connectivity index is 1.04. The molecule has 0 fully saturated rings. The van der Waals surface area contributed by atoms with Crippen LogP contribution in [0.2, 0.25) is 0 Å². The molecule has 3 atom stereocenters. The second kappa shape index (κ2) is 14.2. The van der Waals surface area contributed by atoms with Gasteiger partial charge in [-0.3, -0.25) is 4.99 Å². The molecule has 0 amide bonds. The summed E-state index contributed by atoms with van der Waals surface area (Å²) in [7, 11) is 0. The Labute approximate surface area is 355 Å². The SMILES string of the molecule is C1=CCC(c2nc(-c3ccccc3)nc(-c3ccc(-c4cccc5c4SC4=C(C6=CC=CC7C=CN=CC67)CCC=C4C54c5ccccc5-c5ccccc54)cc3)n2)C=C1. The van der Waals surface area contributed by atoms with Crippen LogP contribution in [0.4, 0.5) is 0 Å². The van der Waals surface area contributed by atoms with Crippen LogP contribution in [0.1, 0.15) is 47.7 Å². The summed E-state index contributed by atoms with van der Waals surface area (Å²) >= 11 is 1.97. The Morgan fingerprint density at radius 3 is 2.07 bits per heavy atom. The molecule has 12 rings (SSSR count). The van der Waals surface area contributed by atoms with Gasteiger partial charge in [-0.25, -0.2) is 15.0 Å². The highest BCUT2D eigenvalue weighted by Gasteiger charge is 2.53. The maximum Gasteiger partial charge on any atom is 0.163 e. The van der Waals surface area contributed by atoms with Gasteiger partial charge in [0, 0.05) is 51.1 Å². The van der Waals surface area contributed by atoms with Crippen molar-refractivity contribution >= 4 is 18.0 Å². The predicted octanol–water partition coefficient (Wildman–Crippen LogP) is 13.2. The molecule has 0 radical (unpaired) electrons. The van der Waals surface area contributed by atoms with Gasteiger partial charge in [-0.2, -0.15) is 0 Å². The number of aromatic nitrogens is 3. The minimum absolute atomic E-state index is 0.107. The number of rotatable bonds is 5. The molecule has 0 N–H and O–H groups in total. The summed E-state index contributed by atoms with van der Waals surface area (Å²) in [6, 6.07) is 44.4. The highest BCUT2D eigenvalue weighted by Crippen LogP contribution is 2.66. The largest absolute Gasteiger partial charge is 0.269 e. The number of benzene rings is 5. The van der Waals surface area contributed by atoms with Crippen LogP contribution in [0, 0.1) is 11.8 Å². The zero-order chi connectivity index (χ0) is 39.6. The van der Waals surface area contributed by atoms with Gasteiger partial charge in [0.05, 0.1) is 5.41 Å². The number of allylic oxidation sites excluding steroid dienone is 12. The number of aliphatic imine (C=N–C) groups is 1. The van der Waals surface area contributed by atoms with Crippen molar-refractivity contribution in [2.45, 2.75) is 35.5 Å². The van der Waals surface area contributed by atoms with Gasteiger partial charge in [-0.1, -0.05) is 188 Å². The van der Waals surface area contributed by atoms with Crippen LogP contribution in [-0.2, 0) is 5.41 Å². The van der Waals surface area contributed by atoms with E-state index in [1.807, 2.05) is 36.2 Å². The fourth-order valence-electron chi connectivity index (χ4n) is 10.3. The van der Waals surface area contributed by atoms with Crippen molar-refractivity contribution in [3.63, 3.8) is 0 Å². The number of thioether (sulfide) groups is 1. The lowest BCUT2D eigenvalue weighted by atomic mass is 9.64. The Morgan fingerprint density at radius 2 is 1.30 bits per heavy atom. The van der Waals surface area contributed by atoms with Crippen LogP contribution in [0.15, 0.2) is 214 Å². The van der Waals surface area contributed by atoms with Crippen molar-refractivity contribution < 1.29 is 0 Å². The molecule has 5 heteroatoms. The van der Waals surface area contributed by atoms with E-state index in [1.54, 1.807) is 0 Å². The van der Waals surface area contributed by atoms with E-state index in [4.69, 9.17) is 15.0 Å². The molecule has 0 saturated heterocycles. The lowest BCUT2D eigenvalue weighted by Gasteiger charge is -2.45. The molecule has 3 heterocycles. The molecule has 286 valence electrons. The number of fused-ring (bicyclic) bond motifs is 10. The molecule has 1 spiro atoms. The molecule has 60 heavy (non-hydrogen) atoms. The minimum atomic E-state index is -0.451. The van der Waals surface area contributed by atoms with E-state index in [-0.39, 0.29) is 11.8 Å². The van der Waals surface area contributed by atoms with Crippen molar-refractivity contribution in [2.24, 2.45) is 16.8 Å². The first kappa shape index (κ1) is 35.3. The van der Waals surface area contributed by atoms with Crippen LogP contribution in [-0.4, -0.2) is 21.2 Å². The van der Waals surface area contributed by atoms with Gasteiger partial charge in [0.25, 0.3) is 0 Å². The van der Waals surface area contributed by atoms with Gasteiger partial charge >= 0.3 is 0 Å². The second-order valence-electron chi connectivity index (χ2n) is 16.3. The Bertz CT molecular complexity index is 2950. The lowest BCUT2D eigenvalue weighted by molar-refractivity contribution is 0.657. The predicted molar refractivity (Wildman–Crippen MR) is 246 cm³/mol. The molecular formula is C55H40N4S. The first-order valence-corrected chi connectivity index (χ1v) is 21.9. The normalized spacial score (nSPS) is 21.2. The van der Waals surface area contributed by atoms with E-state index in [1.165, 1.54) is 65.5 Å². The Morgan fingerprint density at radius 1 is 0.600 bits per heavy atom. The van der Waals surface area contributed by atoms with E-state index >= 15 is 0 Å². The van der Waals surface area contributed by atoms with E-state index < -0.39 is 5.41 Å². The van der Waals surface area contributed by atoms with Gasteiger partial charge in [0.1, 0.15) is 5.82 Å². The topological polar surface area (TPSA) is 51.0 Å². The molecular weight excluding hydrogens is 749 g/mol. The highest BCUT2D eigenvalue weighted by molar-refractivity contribution is 8.03. The molecule has 3 unspecified atom stereocenters. The quantitative estimate of drug-likeness (QED) is 0.175. The van der Waals surface area contributed by atoms with E-state index in [9.17, 15) is 0 Å². The van der Waals surface area contributed by atoms with Gasteiger partial charge in [0.15, 0.2) is 11.6 Å². The lowest BCUT2D eigenvalue weighted by Crippen LogP contribution is -2.35. The molecule has 2 aliphatic heterocycles. The van der Waals surface area contributed by atoms with Crippen LogP contribution >= 0.6 is 11.8 Å². The van der Waals surface area contributed by atoms with Gasteiger partial charge < -0.3 is 0 Å². The standard InChI is InChI=1S/C55H40N4S/c1-3-14-37(15-4-1)52-57-53(38-16-5-2-6-17-38)59-54(58-52)39-30-28-36(29-31-39)40-21-12-26-48-50(40)60-51-44(41-22-11-18-35-32-33-56-34-45(35)41)23-13-27-49(51)55(48)46-24-9-7-19-42(46)43-20-8-10-25-47(43)55/h1-12,14-16,18-22,24-35,38,45H,13,17,23H2. The fourth-order valence-corrected chi connectivity index (χ4v) is 11.9. The molecule has 6 aliphatic rings. The smallest absolute Gasteiger partial charge is 0.163 e. The molecule has 4 nitrogen and oxygen atoms in total. The van der Waals surface area contributed by atoms with Crippen molar-refractivity contribution in [3.8, 4) is 45.0 Å². The fraction of sp³-hybridized carbons (Fsp3) is 0.127. The van der Waals surface area contributed by atoms with Crippen LogP contribution in [0.3, 0.4) is 0 Å². The molecule has 5 aromatic carbocycles. The third-order valence-corrected chi connectivity index (χ3v) is 14.4. The highest BCUT2D eigenvalue weighted by atomic mass is 32.2. The summed E-state index contributed by atoms with van der Waals surface area (Å²) in [6.07, 6.45) is 27.3. The summed E-state index contributed by atoms with van der Waals surface area (Å²) < 4.78 is 0. The number of hydrogen-bond acceptors (Lipinski definition) is 5. The summed E-state index contributed by atoms with van der Waals surface area (Å²) in [6.45, 7) is 0. The molecule has 6 aromatic rings. The second-order valence-corrected chi connectivity index (χ2v) is 17.3. The third kappa shape index (κ3) is 5.45. The molecule has 4 aliphatic carbocycles. The van der Waals surface area contributed by atoms with Gasteiger partial charge in [0.2, 0.25) is 0 Å². The van der Waals surface area contributed by atoms with Crippen molar-refractivity contribution in [1.29, 1.82) is 0 Å². The Hall–Kier alpha value is -6.69. The molecule has 1 aromatic heterocycles. The summed E-state index contributed by atoms with van der Waals surface area (Å²) in [5.41, 5.74) is 14.9. The summed E-state index contributed by atoms with van der Waals surface area (Å²) in [4.78, 5) is 22.5. The zero-order valence-electron chi connectivity index (χ0n) is 32.9. The van der Waals surface area contributed by atoms with E-state index in [0.717, 1.165) is 36.2 Å². The van der Waals surface area contributed by atoms with E-state index in [0.29, 0.717) is 17.6 Å². The maximum atomic E-state index is 5.10. The van der Waals surface area contributed by atoms with Gasteiger partial charge in [-0.15, -0.1) is 0 Å². The van der Waals surface area contributed by atoms with Crippen LogP contribution in [0.25, 0.3) is 45.0 Å². The third-order valence-electron chi connectivity index (χ3n) is 13.1. The first-order chi connectivity index (χ1) is 29.8. The molecule has 0 bridgehead atoms. The van der Waals surface area contributed by atoms with Crippen molar-refractivity contribution in [2.75, 3.05) is 0 Å². The zero-order valence-corrected chi connectivity index (χ0v) is 33.8. The maximum absolute atomic E-state index is 5.10. The number of nitrogens with zero attached hydrogens (tertiary/aromatic N) is 4. The van der Waals surface area contributed by atoms with Crippen LogP contribution in [0.5, 0.6) is 0 Å². The van der Waals surface area contributed by atoms with Gasteiger partial charge in [-0.05, 0) is 74.9 Å². The van der Waals surface area contributed by atoms with Crippen molar-refractivity contribution in [3.05, 3.63) is 226 Å². The molecule has 0 saturated carbocycles. The number of hydrogen-bond donors (Lipinski definition) is 0. The Kier molecular flexibility index (Phi) is 8.38.